The number of aryl methyl sites for hydroxylation is 1. The lowest BCUT2D eigenvalue weighted by molar-refractivity contribution is -0.158. The Morgan fingerprint density at radius 3 is 2.59 bits per heavy atom. The summed E-state index contributed by atoms with van der Waals surface area (Å²) in [6.07, 6.45) is -4.77. The molecular formula is C10H5BrF3NO2. The number of fused-ring (bicyclic) bond motifs is 1. The van der Waals surface area contributed by atoms with Crippen LogP contribution in [0.2, 0.25) is 0 Å². The van der Waals surface area contributed by atoms with E-state index >= 15 is 0 Å². The van der Waals surface area contributed by atoms with Gasteiger partial charge in [0.15, 0.2) is 0 Å². The minimum Gasteiger partial charge on any atom is -0.398 e. The van der Waals surface area contributed by atoms with Crippen LogP contribution in [0.3, 0.4) is 0 Å². The highest BCUT2D eigenvalue weighted by molar-refractivity contribution is 9.10. The Labute approximate surface area is 101 Å². The van der Waals surface area contributed by atoms with Gasteiger partial charge in [-0.25, -0.2) is 9.78 Å². The maximum Gasteiger partial charge on any atom is 0.469 e. The van der Waals surface area contributed by atoms with Crippen LogP contribution < -0.4 is 5.63 Å². The SMILES string of the molecule is Cc1cc(Br)cc2c(=O)oc(C(F)(F)F)nc12. The first-order chi connectivity index (χ1) is 7.79. The van der Waals surface area contributed by atoms with E-state index in [0.717, 1.165) is 0 Å². The molecule has 2 rings (SSSR count). The van der Waals surface area contributed by atoms with Gasteiger partial charge in [0.05, 0.1) is 10.9 Å². The highest BCUT2D eigenvalue weighted by atomic mass is 79.9. The number of hydrogen-bond donors (Lipinski definition) is 0. The molecule has 2 aromatic rings. The standard InChI is InChI=1S/C10H5BrF3NO2/c1-4-2-5(11)3-6-7(4)15-9(10(12,13)14)17-8(6)16/h2-3H,1H3. The zero-order valence-corrected chi connectivity index (χ0v) is 10.0. The molecule has 0 radical (unpaired) electrons. The molecule has 90 valence electrons. The van der Waals surface area contributed by atoms with Crippen molar-refractivity contribution in [3.05, 3.63) is 38.5 Å². The molecule has 1 heterocycles. The van der Waals surface area contributed by atoms with Crippen molar-refractivity contribution < 1.29 is 17.6 Å². The van der Waals surface area contributed by atoms with E-state index in [-0.39, 0.29) is 10.9 Å². The van der Waals surface area contributed by atoms with E-state index in [1.807, 2.05) is 0 Å². The molecule has 3 nitrogen and oxygen atoms in total. The third-order valence-corrected chi connectivity index (χ3v) is 2.59. The summed E-state index contributed by atoms with van der Waals surface area (Å²) in [5.41, 5.74) is -0.587. The predicted molar refractivity (Wildman–Crippen MR) is 57.7 cm³/mol. The zero-order chi connectivity index (χ0) is 12.8. The molecular weight excluding hydrogens is 303 g/mol. The molecule has 0 saturated carbocycles. The Bertz CT molecular complexity index is 648. The smallest absolute Gasteiger partial charge is 0.398 e. The fourth-order valence-electron chi connectivity index (χ4n) is 1.43. The first kappa shape index (κ1) is 12.1. The molecule has 1 aromatic carbocycles. The van der Waals surface area contributed by atoms with Crippen molar-refractivity contribution in [3.63, 3.8) is 0 Å². The van der Waals surface area contributed by atoms with Gasteiger partial charge in [0, 0.05) is 4.47 Å². The molecule has 0 amide bonds. The van der Waals surface area contributed by atoms with E-state index in [1.54, 1.807) is 13.0 Å². The van der Waals surface area contributed by atoms with Crippen LogP contribution in [-0.2, 0) is 6.18 Å². The van der Waals surface area contributed by atoms with Crippen LogP contribution in [0, 0.1) is 6.92 Å². The minimum absolute atomic E-state index is 0.00299. The van der Waals surface area contributed by atoms with E-state index < -0.39 is 17.7 Å². The molecule has 0 spiro atoms. The Kier molecular flexibility index (Phi) is 2.73. The number of aromatic nitrogens is 1. The van der Waals surface area contributed by atoms with Gasteiger partial charge in [-0.1, -0.05) is 15.9 Å². The van der Waals surface area contributed by atoms with Crippen molar-refractivity contribution in [2.45, 2.75) is 13.1 Å². The number of alkyl halides is 3. The Morgan fingerprint density at radius 2 is 2.00 bits per heavy atom. The van der Waals surface area contributed by atoms with E-state index in [4.69, 9.17) is 0 Å². The normalized spacial score (nSPS) is 12.1. The van der Waals surface area contributed by atoms with Crippen LogP contribution >= 0.6 is 15.9 Å². The summed E-state index contributed by atoms with van der Waals surface area (Å²) in [5.74, 6) is -1.53. The van der Waals surface area contributed by atoms with Crippen molar-refractivity contribution in [1.82, 2.24) is 4.98 Å². The molecule has 0 atom stereocenters. The lowest BCUT2D eigenvalue weighted by Gasteiger charge is -2.06. The quantitative estimate of drug-likeness (QED) is 0.750. The third kappa shape index (κ3) is 2.19. The minimum atomic E-state index is -4.77. The largest absolute Gasteiger partial charge is 0.469 e. The molecule has 0 aliphatic carbocycles. The zero-order valence-electron chi connectivity index (χ0n) is 8.43. The average molecular weight is 308 g/mol. The molecule has 7 heteroatoms. The topological polar surface area (TPSA) is 43.1 Å². The van der Waals surface area contributed by atoms with Crippen molar-refractivity contribution in [2.75, 3.05) is 0 Å². The lowest BCUT2D eigenvalue weighted by atomic mass is 10.1. The highest BCUT2D eigenvalue weighted by Gasteiger charge is 2.37. The van der Waals surface area contributed by atoms with Gasteiger partial charge >= 0.3 is 17.7 Å². The molecule has 0 aliphatic heterocycles. The molecule has 0 fully saturated rings. The average Bonchev–Trinajstić information content (AvgIpc) is 2.17. The fraction of sp³-hybridized carbons (Fsp3) is 0.200. The van der Waals surface area contributed by atoms with E-state index in [2.05, 4.69) is 25.3 Å². The van der Waals surface area contributed by atoms with Crippen molar-refractivity contribution in [1.29, 1.82) is 0 Å². The van der Waals surface area contributed by atoms with Crippen LogP contribution in [0.4, 0.5) is 13.2 Å². The first-order valence-electron chi connectivity index (χ1n) is 4.47. The maximum atomic E-state index is 12.4. The number of benzene rings is 1. The van der Waals surface area contributed by atoms with E-state index in [0.29, 0.717) is 10.0 Å². The van der Waals surface area contributed by atoms with Crippen LogP contribution in [-0.4, -0.2) is 4.98 Å². The van der Waals surface area contributed by atoms with Crippen molar-refractivity contribution in [2.24, 2.45) is 0 Å². The Balaban J connectivity index is 2.88. The predicted octanol–water partition coefficient (Wildman–Crippen LogP) is 3.28. The van der Waals surface area contributed by atoms with Gasteiger partial charge in [0.25, 0.3) is 0 Å². The Hall–Kier alpha value is -1.37. The number of hydrogen-bond acceptors (Lipinski definition) is 3. The summed E-state index contributed by atoms with van der Waals surface area (Å²) in [4.78, 5) is 14.8. The van der Waals surface area contributed by atoms with Gasteiger partial charge < -0.3 is 4.42 Å². The van der Waals surface area contributed by atoms with Gasteiger partial charge in [0.1, 0.15) is 0 Å². The van der Waals surface area contributed by atoms with Gasteiger partial charge in [-0.2, -0.15) is 13.2 Å². The highest BCUT2D eigenvalue weighted by Crippen LogP contribution is 2.29. The summed E-state index contributed by atoms with van der Waals surface area (Å²) in [7, 11) is 0. The Morgan fingerprint density at radius 1 is 1.35 bits per heavy atom. The summed E-state index contributed by atoms with van der Waals surface area (Å²) >= 11 is 3.14. The summed E-state index contributed by atoms with van der Waals surface area (Å²) in [5, 5.41) is 0.0184. The maximum absolute atomic E-state index is 12.4. The molecule has 0 N–H and O–H groups in total. The fourth-order valence-corrected chi connectivity index (χ4v) is 2.00. The van der Waals surface area contributed by atoms with E-state index in [9.17, 15) is 18.0 Å². The van der Waals surface area contributed by atoms with Crippen LogP contribution in [0.1, 0.15) is 11.5 Å². The van der Waals surface area contributed by atoms with Gasteiger partial charge in [-0.3, -0.25) is 0 Å². The molecule has 0 bridgehead atoms. The van der Waals surface area contributed by atoms with E-state index in [1.165, 1.54) is 6.07 Å². The summed E-state index contributed by atoms with van der Waals surface area (Å²) in [6, 6.07) is 2.95. The van der Waals surface area contributed by atoms with Crippen molar-refractivity contribution >= 4 is 26.8 Å². The molecule has 0 aliphatic rings. The van der Waals surface area contributed by atoms with Crippen LogP contribution in [0.25, 0.3) is 10.9 Å². The van der Waals surface area contributed by atoms with Crippen LogP contribution in [0.5, 0.6) is 0 Å². The van der Waals surface area contributed by atoms with Gasteiger partial charge in [0.2, 0.25) is 0 Å². The number of nitrogens with zero attached hydrogens (tertiary/aromatic N) is 1. The number of rotatable bonds is 0. The second-order valence-corrected chi connectivity index (χ2v) is 4.34. The summed E-state index contributed by atoms with van der Waals surface area (Å²) in [6.45, 7) is 1.57. The third-order valence-electron chi connectivity index (χ3n) is 2.13. The second kappa shape index (κ2) is 3.83. The van der Waals surface area contributed by atoms with Gasteiger partial charge in [-0.05, 0) is 24.6 Å². The molecule has 0 unspecified atom stereocenters. The second-order valence-electron chi connectivity index (χ2n) is 3.42. The van der Waals surface area contributed by atoms with Gasteiger partial charge in [-0.15, -0.1) is 0 Å². The lowest BCUT2D eigenvalue weighted by Crippen LogP contribution is -2.14. The molecule has 1 aromatic heterocycles. The summed E-state index contributed by atoms with van der Waals surface area (Å²) < 4.78 is 41.9. The molecule has 17 heavy (non-hydrogen) atoms. The van der Waals surface area contributed by atoms with Crippen molar-refractivity contribution in [3.8, 4) is 0 Å². The monoisotopic (exact) mass is 307 g/mol. The number of halogens is 4. The molecule has 0 saturated heterocycles. The first-order valence-corrected chi connectivity index (χ1v) is 5.26. The van der Waals surface area contributed by atoms with Crippen LogP contribution in [0.15, 0.2) is 25.8 Å².